The van der Waals surface area contributed by atoms with E-state index < -0.39 is 23.1 Å². The maximum absolute atomic E-state index is 14.3. The monoisotopic (exact) mass is 566 g/mol. The molecule has 2 aliphatic heterocycles. The van der Waals surface area contributed by atoms with E-state index in [1.807, 2.05) is 50.9 Å². The van der Waals surface area contributed by atoms with Crippen molar-refractivity contribution < 1.29 is 31.7 Å². The summed E-state index contributed by atoms with van der Waals surface area (Å²) < 4.78 is 59.2. The van der Waals surface area contributed by atoms with Crippen molar-refractivity contribution in [1.29, 1.82) is 0 Å². The molecule has 0 atom stereocenters. The summed E-state index contributed by atoms with van der Waals surface area (Å²) in [7, 11) is 1.87. The number of hydrogen-bond acceptors (Lipinski definition) is 8. The van der Waals surface area contributed by atoms with Gasteiger partial charge < -0.3 is 18.7 Å². The highest BCUT2D eigenvalue weighted by Crippen LogP contribution is 2.48. The first-order valence-electron chi connectivity index (χ1n) is 13.3. The van der Waals surface area contributed by atoms with Crippen LogP contribution in [0.3, 0.4) is 0 Å². The van der Waals surface area contributed by atoms with E-state index >= 15 is 0 Å². The van der Waals surface area contributed by atoms with E-state index in [0.29, 0.717) is 30.9 Å². The van der Waals surface area contributed by atoms with E-state index in [-0.39, 0.29) is 35.4 Å². The van der Waals surface area contributed by atoms with Gasteiger partial charge in [-0.1, -0.05) is 52.8 Å². The predicted octanol–water partition coefficient (Wildman–Crippen LogP) is 6.41. The fraction of sp³-hybridized carbons (Fsp3) is 0.367. The molecule has 0 bridgehead atoms. The Morgan fingerprint density at radius 3 is 2.37 bits per heavy atom. The van der Waals surface area contributed by atoms with Crippen molar-refractivity contribution in [3.8, 4) is 34.0 Å². The van der Waals surface area contributed by atoms with Crippen molar-refractivity contribution >= 4 is 11.7 Å². The lowest BCUT2D eigenvalue weighted by molar-refractivity contribution is -0.166. The summed E-state index contributed by atoms with van der Waals surface area (Å²) in [6.07, 6.45) is -4.73. The van der Waals surface area contributed by atoms with Gasteiger partial charge >= 0.3 is 12.1 Å². The maximum atomic E-state index is 14.3. The number of likely N-dealkylation sites (tertiary alicyclic amines) is 1. The molecule has 41 heavy (non-hydrogen) atoms. The largest absolute Gasteiger partial charge is 0.460 e. The van der Waals surface area contributed by atoms with Gasteiger partial charge in [0.05, 0.1) is 11.5 Å². The third kappa shape index (κ3) is 5.10. The van der Waals surface area contributed by atoms with Crippen molar-refractivity contribution in [2.24, 2.45) is 5.92 Å². The molecule has 0 amide bonds. The number of alkyl halides is 3. The second kappa shape index (κ2) is 9.76. The Hall–Kier alpha value is -4.12. The van der Waals surface area contributed by atoms with Crippen molar-refractivity contribution in [2.45, 2.75) is 45.6 Å². The number of anilines is 1. The minimum atomic E-state index is -4.73. The summed E-state index contributed by atoms with van der Waals surface area (Å²) in [5, 5.41) is 7.95. The van der Waals surface area contributed by atoms with Crippen LogP contribution in [0.15, 0.2) is 57.6 Å². The highest BCUT2D eigenvalue weighted by Gasteiger charge is 2.44. The first kappa shape index (κ1) is 27.1. The highest BCUT2D eigenvalue weighted by atomic mass is 19.4. The third-order valence-corrected chi connectivity index (χ3v) is 7.24. The van der Waals surface area contributed by atoms with E-state index in [0.717, 1.165) is 16.8 Å². The van der Waals surface area contributed by atoms with Crippen LogP contribution in [0.5, 0.6) is 0 Å². The summed E-state index contributed by atoms with van der Waals surface area (Å²) in [4.78, 5) is 16.4. The smallest absolute Gasteiger partial charge is 0.422 e. The van der Waals surface area contributed by atoms with Gasteiger partial charge in [0.1, 0.15) is 22.6 Å². The van der Waals surface area contributed by atoms with Crippen molar-refractivity contribution in [3.05, 3.63) is 65.2 Å². The maximum Gasteiger partial charge on any atom is 0.422 e. The van der Waals surface area contributed by atoms with Crippen LogP contribution in [0, 0.1) is 5.92 Å². The first-order valence-corrected chi connectivity index (χ1v) is 13.3. The fourth-order valence-corrected chi connectivity index (χ4v) is 5.35. The molecule has 0 radical (unpaired) electrons. The normalized spacial score (nSPS) is 15.8. The number of carbonyl (C=O) groups is 1. The number of aromatic nitrogens is 2. The predicted molar refractivity (Wildman–Crippen MR) is 145 cm³/mol. The van der Waals surface area contributed by atoms with Gasteiger partial charge in [0, 0.05) is 50.0 Å². The summed E-state index contributed by atoms with van der Waals surface area (Å²) in [5.74, 6) is -0.886. The summed E-state index contributed by atoms with van der Waals surface area (Å²) in [5.41, 5.74) is 2.14. The van der Waals surface area contributed by atoms with Gasteiger partial charge in [-0.3, -0.25) is 9.69 Å². The number of ether oxygens (including phenoxy) is 1. The summed E-state index contributed by atoms with van der Waals surface area (Å²) in [6, 6.07) is 14.0. The van der Waals surface area contributed by atoms with Gasteiger partial charge in [-0.05, 0) is 32.4 Å². The van der Waals surface area contributed by atoms with Gasteiger partial charge in [-0.2, -0.15) is 13.2 Å². The molecule has 0 saturated carbocycles. The number of carbonyl (C=O) groups excluding carboxylic acids is 1. The Kier molecular flexibility index (Phi) is 6.44. The van der Waals surface area contributed by atoms with Crippen LogP contribution in [0.1, 0.15) is 37.5 Å². The molecule has 2 aromatic heterocycles. The zero-order valence-electron chi connectivity index (χ0n) is 23.1. The van der Waals surface area contributed by atoms with E-state index in [2.05, 4.69) is 15.2 Å². The van der Waals surface area contributed by atoms with Gasteiger partial charge in [0.2, 0.25) is 11.5 Å². The average molecular weight is 567 g/mol. The Morgan fingerprint density at radius 2 is 1.68 bits per heavy atom. The zero-order valence-corrected chi connectivity index (χ0v) is 23.1. The molecule has 0 unspecified atom stereocenters. The minimum absolute atomic E-state index is 0.0858. The summed E-state index contributed by atoms with van der Waals surface area (Å²) >= 11 is 0. The van der Waals surface area contributed by atoms with Crippen LogP contribution >= 0.6 is 0 Å². The zero-order chi connectivity index (χ0) is 29.1. The van der Waals surface area contributed by atoms with Gasteiger partial charge in [0.15, 0.2) is 0 Å². The van der Waals surface area contributed by atoms with Gasteiger partial charge in [-0.15, -0.1) is 0 Å². The molecule has 1 saturated heterocycles. The van der Waals surface area contributed by atoms with E-state index in [4.69, 9.17) is 13.8 Å². The van der Waals surface area contributed by atoms with Crippen LogP contribution in [-0.2, 0) is 28.8 Å². The molecular weight excluding hydrogens is 537 g/mol. The Bertz CT molecular complexity index is 1600. The van der Waals surface area contributed by atoms with Crippen molar-refractivity contribution in [2.75, 3.05) is 25.0 Å². The molecule has 0 aliphatic carbocycles. The van der Waals surface area contributed by atoms with E-state index in [1.54, 1.807) is 30.3 Å². The number of benzene rings is 2. The molecule has 2 aliphatic rings. The fourth-order valence-electron chi connectivity index (χ4n) is 5.35. The Morgan fingerprint density at radius 1 is 1.00 bits per heavy atom. The van der Waals surface area contributed by atoms with Crippen molar-refractivity contribution in [3.63, 3.8) is 0 Å². The molecular formula is C30H29F3N4O4. The molecule has 0 spiro atoms. The number of nitrogens with zero attached hydrogens (tertiary/aromatic N) is 4. The molecule has 6 rings (SSSR count). The second-order valence-electron chi connectivity index (χ2n) is 11.6. The standard InChI is InChI=1S/C30H29F3N4O4/c1-29(2,3)39-28(38)19-14-37(15-19)13-17-10-11-20-22(12-17)36(4)16-21-25(20)35-40-26(21)27-23(30(31,32)33)24(34-41-27)18-8-6-5-7-9-18/h5-12,19H,13-16H2,1-4H3. The van der Waals surface area contributed by atoms with Crippen molar-refractivity contribution in [1.82, 2.24) is 15.2 Å². The molecule has 214 valence electrons. The molecule has 1 fully saturated rings. The molecule has 4 heterocycles. The molecule has 2 aromatic carbocycles. The van der Waals surface area contributed by atoms with Gasteiger partial charge in [-0.25, -0.2) is 0 Å². The van der Waals surface area contributed by atoms with Crippen LogP contribution in [0.4, 0.5) is 18.9 Å². The molecule has 0 N–H and O–H groups in total. The third-order valence-electron chi connectivity index (χ3n) is 7.24. The second-order valence-corrected chi connectivity index (χ2v) is 11.6. The average Bonchev–Trinajstić information content (AvgIpc) is 3.50. The van der Waals surface area contributed by atoms with E-state index in [1.165, 1.54) is 0 Å². The quantitative estimate of drug-likeness (QED) is 0.257. The Labute approximate surface area is 234 Å². The highest BCUT2D eigenvalue weighted by molar-refractivity contribution is 5.85. The first-order chi connectivity index (χ1) is 19.4. The lowest BCUT2D eigenvalue weighted by atomic mass is 9.94. The number of fused-ring (bicyclic) bond motifs is 3. The SMILES string of the molecule is CN1Cc2c(noc2-c2onc(-c3ccccc3)c2C(F)(F)F)-c2ccc(CN3CC(C(=O)OC(C)(C)C)C3)cc21. The van der Waals surface area contributed by atoms with Crippen LogP contribution < -0.4 is 4.90 Å². The van der Waals surface area contributed by atoms with Crippen LogP contribution in [-0.4, -0.2) is 46.9 Å². The van der Waals surface area contributed by atoms with Crippen LogP contribution in [0.25, 0.3) is 34.0 Å². The number of rotatable bonds is 5. The Balaban J connectivity index is 1.26. The van der Waals surface area contributed by atoms with E-state index in [9.17, 15) is 18.0 Å². The van der Waals surface area contributed by atoms with Gasteiger partial charge in [0.25, 0.3) is 0 Å². The summed E-state index contributed by atoms with van der Waals surface area (Å²) in [6.45, 7) is 7.76. The topological polar surface area (TPSA) is 84.8 Å². The number of halogens is 3. The van der Waals surface area contributed by atoms with Crippen LogP contribution in [0.2, 0.25) is 0 Å². The minimum Gasteiger partial charge on any atom is -0.460 e. The number of hydrogen-bond donors (Lipinski definition) is 0. The molecule has 11 heteroatoms. The lowest BCUT2D eigenvalue weighted by Gasteiger charge is -2.39. The molecule has 8 nitrogen and oxygen atoms in total. The molecule has 4 aromatic rings. The number of esters is 1. The lowest BCUT2D eigenvalue weighted by Crippen LogP contribution is -2.51.